The molecule has 4 nitrogen and oxygen atoms in total. The van der Waals surface area contributed by atoms with Crippen LogP contribution in [-0.4, -0.2) is 25.8 Å². The first-order chi connectivity index (χ1) is 9.36. The molecular formula is C13H16F2N2O2S. The molecule has 7 heteroatoms. The molecule has 0 unspecified atom stereocenters. The molecule has 0 saturated carbocycles. The van der Waals surface area contributed by atoms with E-state index in [-0.39, 0.29) is 25.2 Å². The van der Waals surface area contributed by atoms with Crippen LogP contribution in [0.3, 0.4) is 0 Å². The van der Waals surface area contributed by atoms with Crippen molar-refractivity contribution in [3.63, 3.8) is 0 Å². The minimum absolute atomic E-state index is 0.0568. The van der Waals surface area contributed by atoms with Crippen molar-refractivity contribution in [3.05, 3.63) is 41.0 Å². The van der Waals surface area contributed by atoms with Gasteiger partial charge in [0.2, 0.25) is 10.0 Å². The Morgan fingerprint density at radius 1 is 1.35 bits per heavy atom. The summed E-state index contributed by atoms with van der Waals surface area (Å²) in [5, 5.41) is 0. The van der Waals surface area contributed by atoms with Gasteiger partial charge < -0.3 is 5.73 Å². The van der Waals surface area contributed by atoms with Crippen LogP contribution >= 0.6 is 0 Å². The number of rotatable bonds is 3. The summed E-state index contributed by atoms with van der Waals surface area (Å²) in [4.78, 5) is -0.647. The summed E-state index contributed by atoms with van der Waals surface area (Å²) < 4.78 is 53.2. The van der Waals surface area contributed by atoms with E-state index in [0.717, 1.165) is 22.0 Å². The number of sulfonamides is 1. The van der Waals surface area contributed by atoms with E-state index in [9.17, 15) is 17.2 Å². The zero-order valence-corrected chi connectivity index (χ0v) is 11.9. The molecule has 1 aliphatic rings. The highest BCUT2D eigenvalue weighted by molar-refractivity contribution is 7.89. The van der Waals surface area contributed by atoms with Crippen molar-refractivity contribution in [1.29, 1.82) is 0 Å². The first-order valence-corrected chi connectivity index (χ1v) is 7.64. The Bertz CT molecular complexity index is 657. The molecule has 110 valence electrons. The molecule has 0 bridgehead atoms. The summed E-state index contributed by atoms with van der Waals surface area (Å²) in [6, 6.07) is 2.01. The van der Waals surface area contributed by atoms with Gasteiger partial charge in [-0.25, -0.2) is 17.2 Å². The standard InChI is InChI=1S/C13H16F2N2O2S/c1-9-2-4-17(5-3-9)20(18,19)12-7-10(8-16)6-11(14)13(12)15/h2,6-7H,3-5,8,16H2,1H3. The first-order valence-electron chi connectivity index (χ1n) is 6.20. The number of hydrogen-bond acceptors (Lipinski definition) is 3. The Labute approximate surface area is 116 Å². The molecule has 20 heavy (non-hydrogen) atoms. The van der Waals surface area contributed by atoms with Crippen molar-refractivity contribution >= 4 is 10.0 Å². The monoisotopic (exact) mass is 302 g/mol. The molecule has 0 spiro atoms. The van der Waals surface area contributed by atoms with Crippen LogP contribution in [0.25, 0.3) is 0 Å². The lowest BCUT2D eigenvalue weighted by molar-refractivity contribution is 0.421. The number of benzene rings is 1. The van der Waals surface area contributed by atoms with E-state index in [4.69, 9.17) is 5.73 Å². The minimum atomic E-state index is -4.05. The Balaban J connectivity index is 2.47. The molecule has 2 N–H and O–H groups in total. The van der Waals surface area contributed by atoms with Crippen LogP contribution in [0.4, 0.5) is 8.78 Å². The maximum Gasteiger partial charge on any atom is 0.246 e. The Kier molecular flexibility index (Phi) is 4.22. The molecule has 0 fully saturated rings. The molecule has 0 radical (unpaired) electrons. The topological polar surface area (TPSA) is 63.4 Å². The van der Waals surface area contributed by atoms with Gasteiger partial charge in [-0.3, -0.25) is 0 Å². The highest BCUT2D eigenvalue weighted by Gasteiger charge is 2.30. The largest absolute Gasteiger partial charge is 0.326 e. The van der Waals surface area contributed by atoms with Crippen molar-refractivity contribution < 1.29 is 17.2 Å². The van der Waals surface area contributed by atoms with Gasteiger partial charge in [0.05, 0.1) is 0 Å². The molecule has 1 aromatic rings. The Hall–Kier alpha value is -1.31. The van der Waals surface area contributed by atoms with Crippen LogP contribution in [-0.2, 0) is 16.6 Å². The lowest BCUT2D eigenvalue weighted by atomic mass is 10.1. The lowest BCUT2D eigenvalue weighted by Gasteiger charge is -2.25. The SMILES string of the molecule is CC1=CCN(S(=O)(=O)c2cc(CN)cc(F)c2F)CC1. The number of hydrogen-bond donors (Lipinski definition) is 1. The van der Waals surface area contributed by atoms with Crippen molar-refractivity contribution in [2.75, 3.05) is 13.1 Å². The lowest BCUT2D eigenvalue weighted by Crippen LogP contribution is -2.35. The third-order valence-corrected chi connectivity index (χ3v) is 5.17. The van der Waals surface area contributed by atoms with Crippen LogP contribution < -0.4 is 5.73 Å². The summed E-state index contributed by atoms with van der Waals surface area (Å²) in [7, 11) is -4.05. The van der Waals surface area contributed by atoms with Gasteiger partial charge in [0, 0.05) is 19.6 Å². The molecule has 1 heterocycles. The van der Waals surface area contributed by atoms with Crippen molar-refractivity contribution in [2.24, 2.45) is 5.73 Å². The second kappa shape index (κ2) is 5.59. The normalized spacial score (nSPS) is 17.1. The maximum atomic E-state index is 13.8. The van der Waals surface area contributed by atoms with Gasteiger partial charge in [-0.15, -0.1) is 0 Å². The third-order valence-electron chi connectivity index (χ3n) is 3.31. The molecule has 0 atom stereocenters. The molecule has 0 amide bonds. The molecule has 1 aromatic carbocycles. The molecule has 0 saturated heterocycles. The number of halogens is 2. The molecular weight excluding hydrogens is 286 g/mol. The van der Waals surface area contributed by atoms with Gasteiger partial charge in [-0.05, 0) is 31.0 Å². The van der Waals surface area contributed by atoms with Crippen LogP contribution in [0.15, 0.2) is 28.7 Å². The summed E-state index contributed by atoms with van der Waals surface area (Å²) in [5.74, 6) is -2.55. The van der Waals surface area contributed by atoms with Crippen LogP contribution in [0.1, 0.15) is 18.9 Å². The fourth-order valence-corrected chi connectivity index (χ4v) is 3.54. The van der Waals surface area contributed by atoms with Crippen LogP contribution in [0, 0.1) is 11.6 Å². The maximum absolute atomic E-state index is 13.8. The van der Waals surface area contributed by atoms with Gasteiger partial charge in [0.1, 0.15) is 4.90 Å². The van der Waals surface area contributed by atoms with Gasteiger partial charge >= 0.3 is 0 Å². The van der Waals surface area contributed by atoms with Crippen molar-refractivity contribution in [3.8, 4) is 0 Å². The second-order valence-corrected chi connectivity index (χ2v) is 6.66. The van der Waals surface area contributed by atoms with Gasteiger partial charge in [0.15, 0.2) is 11.6 Å². The van der Waals surface area contributed by atoms with E-state index in [1.165, 1.54) is 0 Å². The van der Waals surface area contributed by atoms with E-state index in [0.29, 0.717) is 6.42 Å². The summed E-state index contributed by atoms with van der Waals surface area (Å²) >= 11 is 0. The fourth-order valence-electron chi connectivity index (χ4n) is 2.03. The van der Waals surface area contributed by atoms with Crippen LogP contribution in [0.2, 0.25) is 0 Å². The van der Waals surface area contributed by atoms with Gasteiger partial charge in [-0.2, -0.15) is 4.31 Å². The van der Waals surface area contributed by atoms with E-state index in [1.54, 1.807) is 6.08 Å². The average Bonchev–Trinajstić information content (AvgIpc) is 2.42. The van der Waals surface area contributed by atoms with Gasteiger partial charge in [-0.1, -0.05) is 11.6 Å². The quantitative estimate of drug-likeness (QED) is 0.865. The first kappa shape index (κ1) is 15.1. The average molecular weight is 302 g/mol. The fraction of sp³-hybridized carbons (Fsp3) is 0.385. The zero-order valence-electron chi connectivity index (χ0n) is 11.1. The van der Waals surface area contributed by atoms with Crippen LogP contribution in [0.5, 0.6) is 0 Å². The smallest absolute Gasteiger partial charge is 0.246 e. The van der Waals surface area contributed by atoms with E-state index >= 15 is 0 Å². The molecule has 2 rings (SSSR count). The zero-order chi connectivity index (χ0) is 14.9. The molecule has 0 aliphatic carbocycles. The van der Waals surface area contributed by atoms with E-state index in [2.05, 4.69) is 0 Å². The Morgan fingerprint density at radius 3 is 2.60 bits per heavy atom. The van der Waals surface area contributed by atoms with E-state index < -0.39 is 26.6 Å². The summed E-state index contributed by atoms with van der Waals surface area (Å²) in [6.07, 6.45) is 2.35. The van der Waals surface area contributed by atoms with Crippen molar-refractivity contribution in [2.45, 2.75) is 24.8 Å². The number of nitrogens with two attached hydrogens (primary N) is 1. The Morgan fingerprint density at radius 2 is 2.05 bits per heavy atom. The predicted octanol–water partition coefficient (Wildman–Crippen LogP) is 1.76. The molecule has 0 aromatic heterocycles. The highest BCUT2D eigenvalue weighted by Crippen LogP contribution is 2.25. The summed E-state index contributed by atoms with van der Waals surface area (Å²) in [5.41, 5.74) is 6.69. The number of nitrogens with zero attached hydrogens (tertiary/aromatic N) is 1. The predicted molar refractivity (Wildman–Crippen MR) is 71.4 cm³/mol. The van der Waals surface area contributed by atoms with E-state index in [1.807, 2.05) is 6.92 Å². The minimum Gasteiger partial charge on any atom is -0.326 e. The summed E-state index contributed by atoms with van der Waals surface area (Å²) in [6.45, 7) is 2.28. The van der Waals surface area contributed by atoms with Crippen molar-refractivity contribution in [1.82, 2.24) is 4.31 Å². The second-order valence-electron chi connectivity index (χ2n) is 4.76. The highest BCUT2D eigenvalue weighted by atomic mass is 32.2. The van der Waals surface area contributed by atoms with Gasteiger partial charge in [0.25, 0.3) is 0 Å². The molecule has 1 aliphatic heterocycles. The third kappa shape index (κ3) is 2.74.